The number of carbonyl (C=O) groups is 6. The zero-order valence-electron chi connectivity index (χ0n) is 30.3. The Hall–Kier alpha value is -5.02. The maximum Gasteiger partial charge on any atom is 0.407 e. The van der Waals surface area contributed by atoms with Crippen molar-refractivity contribution in [2.24, 2.45) is 17.6 Å². The van der Waals surface area contributed by atoms with E-state index in [1.165, 1.54) is 6.92 Å². The lowest BCUT2D eigenvalue weighted by molar-refractivity contribution is -0.163. The van der Waals surface area contributed by atoms with E-state index in [-0.39, 0.29) is 38.3 Å². The number of benzene rings is 2. The van der Waals surface area contributed by atoms with E-state index in [1.807, 2.05) is 30.3 Å². The molecule has 7 N–H and O–H groups in total. The fourth-order valence-electron chi connectivity index (χ4n) is 5.26. The average molecular weight is 728 g/mol. The lowest BCUT2D eigenvalue weighted by Crippen LogP contribution is -2.59. The van der Waals surface area contributed by atoms with Crippen LogP contribution in [0.3, 0.4) is 0 Å². The fourth-order valence-corrected chi connectivity index (χ4v) is 5.26. The fraction of sp³-hybridized carbons (Fsp3) is 0.514. The van der Waals surface area contributed by atoms with Gasteiger partial charge < -0.3 is 41.4 Å². The summed E-state index contributed by atoms with van der Waals surface area (Å²) in [5.74, 6) is -4.86. The predicted octanol–water partition coefficient (Wildman–Crippen LogP) is 1.92. The minimum Gasteiger partial charge on any atom is -0.508 e. The number of nitrogens with zero attached hydrogens (tertiary/aromatic N) is 1. The molecule has 5 amide bonds. The molecule has 0 aromatic heterocycles. The Labute approximate surface area is 304 Å². The molecule has 0 aliphatic carbocycles. The molecule has 52 heavy (non-hydrogen) atoms. The van der Waals surface area contributed by atoms with E-state index in [4.69, 9.17) is 15.2 Å². The average Bonchev–Trinajstić information content (AvgIpc) is 3.13. The molecule has 0 saturated carbocycles. The zero-order chi connectivity index (χ0) is 38.6. The molecular weight excluding hydrogens is 674 g/mol. The molecule has 2 aromatic carbocycles. The largest absolute Gasteiger partial charge is 0.508 e. The molecule has 1 unspecified atom stereocenters. The van der Waals surface area contributed by atoms with E-state index >= 15 is 0 Å². The third kappa shape index (κ3) is 14.7. The number of aromatic hydroxyl groups is 1. The van der Waals surface area contributed by atoms with Gasteiger partial charge in [-0.3, -0.25) is 24.1 Å². The van der Waals surface area contributed by atoms with Crippen molar-refractivity contribution in [1.82, 2.24) is 20.9 Å². The molecule has 2 aromatic rings. The van der Waals surface area contributed by atoms with Crippen LogP contribution in [0.1, 0.15) is 64.0 Å². The first-order valence-electron chi connectivity index (χ1n) is 17.4. The van der Waals surface area contributed by atoms with Gasteiger partial charge in [-0.05, 0) is 55.4 Å². The Morgan fingerprint density at radius 2 is 1.54 bits per heavy atom. The van der Waals surface area contributed by atoms with Gasteiger partial charge in [-0.1, -0.05) is 62.7 Å². The number of carbonyl (C=O) groups excluding carboxylic acids is 6. The number of ether oxygens (including phenoxy) is 2. The number of phenols is 1. The number of imide groups is 1. The highest BCUT2D eigenvalue weighted by molar-refractivity contribution is 6.01. The third-order valence-corrected chi connectivity index (χ3v) is 8.32. The van der Waals surface area contributed by atoms with Crippen molar-refractivity contribution in [3.05, 3.63) is 65.7 Å². The molecule has 0 spiro atoms. The van der Waals surface area contributed by atoms with Crippen molar-refractivity contribution in [3.63, 3.8) is 0 Å². The number of hydrogen-bond acceptors (Lipinski definition) is 11. The number of esters is 1. The first-order valence-corrected chi connectivity index (χ1v) is 17.4. The van der Waals surface area contributed by atoms with Gasteiger partial charge in [-0.15, -0.1) is 0 Å². The molecule has 0 aliphatic heterocycles. The van der Waals surface area contributed by atoms with Crippen molar-refractivity contribution in [1.29, 1.82) is 0 Å². The first kappa shape index (κ1) is 43.1. The highest BCUT2D eigenvalue weighted by Crippen LogP contribution is 2.20. The zero-order valence-corrected chi connectivity index (χ0v) is 30.3. The number of aryl methyl sites for hydroxylation is 1. The molecule has 286 valence electrons. The summed E-state index contributed by atoms with van der Waals surface area (Å²) in [5.41, 5.74) is 8.12. The minimum atomic E-state index is -1.48. The number of nitrogens with two attached hydrogens (primary N) is 1. The summed E-state index contributed by atoms with van der Waals surface area (Å²) in [7, 11) is 1.15. The Kier molecular flexibility index (Phi) is 18.9. The summed E-state index contributed by atoms with van der Waals surface area (Å²) in [6.45, 7) is 3.88. The van der Waals surface area contributed by atoms with Crippen molar-refractivity contribution in [3.8, 4) is 5.75 Å². The molecular formula is C37H53N5O10. The maximum absolute atomic E-state index is 13.8. The Morgan fingerprint density at radius 1 is 0.865 bits per heavy atom. The monoisotopic (exact) mass is 727 g/mol. The SMILES string of the molecule is COC(=O)[C@H](C(C)C)N(C(=O)CCCCCc1ccc(O)cc1)C(=O)[C@@H](N)C(CO)CNC(=O)[C@H](C)NC(=O)CCNC(=O)OCc1ccccc1. The van der Waals surface area contributed by atoms with Crippen LogP contribution in [0, 0.1) is 11.8 Å². The topological polar surface area (TPSA) is 227 Å². The number of rotatable bonds is 21. The summed E-state index contributed by atoms with van der Waals surface area (Å²) in [4.78, 5) is 77.9. The van der Waals surface area contributed by atoms with Crippen LogP contribution >= 0.6 is 0 Å². The van der Waals surface area contributed by atoms with Gasteiger partial charge in [0.15, 0.2) is 0 Å². The van der Waals surface area contributed by atoms with E-state index in [0.29, 0.717) is 12.8 Å². The second kappa shape index (κ2) is 22.7. The smallest absolute Gasteiger partial charge is 0.407 e. The van der Waals surface area contributed by atoms with Gasteiger partial charge in [-0.25, -0.2) is 9.59 Å². The molecule has 4 atom stereocenters. The molecule has 0 radical (unpaired) electrons. The van der Waals surface area contributed by atoms with Crippen LogP contribution in [0.2, 0.25) is 0 Å². The number of phenolic OH excluding ortho intramolecular Hbond substituents is 1. The van der Waals surface area contributed by atoms with E-state index in [2.05, 4.69) is 16.0 Å². The number of hydrogen-bond donors (Lipinski definition) is 6. The third-order valence-electron chi connectivity index (χ3n) is 8.32. The quantitative estimate of drug-likeness (QED) is 0.0804. The number of nitrogens with one attached hydrogen (secondary N) is 3. The second-order valence-corrected chi connectivity index (χ2v) is 12.8. The number of aliphatic hydroxyl groups excluding tert-OH is 1. The molecule has 15 nitrogen and oxygen atoms in total. The van der Waals surface area contributed by atoms with Crippen LogP contribution in [0.5, 0.6) is 5.75 Å². The normalized spacial score (nSPS) is 13.2. The predicted molar refractivity (Wildman–Crippen MR) is 191 cm³/mol. The van der Waals surface area contributed by atoms with Crippen LogP contribution in [-0.4, -0.2) is 95.7 Å². The van der Waals surface area contributed by atoms with Crippen LogP contribution < -0.4 is 21.7 Å². The van der Waals surface area contributed by atoms with Gasteiger partial charge in [0.1, 0.15) is 24.4 Å². The van der Waals surface area contributed by atoms with Crippen molar-refractivity contribution >= 4 is 35.7 Å². The van der Waals surface area contributed by atoms with Gasteiger partial charge in [0.05, 0.1) is 13.2 Å². The van der Waals surface area contributed by atoms with Gasteiger partial charge in [0.2, 0.25) is 23.6 Å². The number of unbranched alkanes of at least 4 members (excludes halogenated alkanes) is 2. The molecule has 0 fully saturated rings. The minimum absolute atomic E-state index is 0.0324. The summed E-state index contributed by atoms with van der Waals surface area (Å²) >= 11 is 0. The summed E-state index contributed by atoms with van der Waals surface area (Å²) in [6.07, 6.45) is 1.70. The van der Waals surface area contributed by atoms with Gasteiger partial charge >= 0.3 is 12.1 Å². The second-order valence-electron chi connectivity index (χ2n) is 12.8. The Balaban J connectivity index is 1.91. The van der Waals surface area contributed by atoms with Crippen LogP contribution in [-0.2, 0) is 46.5 Å². The van der Waals surface area contributed by atoms with E-state index in [9.17, 15) is 39.0 Å². The number of alkyl carbamates (subject to hydrolysis) is 1. The molecule has 15 heteroatoms. The summed E-state index contributed by atoms with van der Waals surface area (Å²) in [6, 6.07) is 12.2. The molecule has 0 heterocycles. The summed E-state index contributed by atoms with van der Waals surface area (Å²) < 4.78 is 10.0. The van der Waals surface area contributed by atoms with Crippen LogP contribution in [0.25, 0.3) is 0 Å². The van der Waals surface area contributed by atoms with E-state index in [0.717, 1.165) is 36.0 Å². The van der Waals surface area contributed by atoms with Crippen LogP contribution in [0.4, 0.5) is 4.79 Å². The number of aliphatic hydroxyl groups is 1. The van der Waals surface area contributed by atoms with Crippen molar-refractivity contribution in [2.45, 2.75) is 84.0 Å². The highest BCUT2D eigenvalue weighted by atomic mass is 16.5. The number of methoxy groups -OCH3 is 1. The standard InChI is InChI=1S/C37H53N5O10/c1-24(2)33(36(49)51-4)42(31(46)14-10-6-7-11-26-15-17-29(44)18-16-26)35(48)32(38)28(22-43)21-40-34(47)25(3)41-30(45)19-20-39-37(50)52-23-27-12-8-5-9-13-27/h5,8-9,12-13,15-18,24-25,28,32-33,43-44H,6-7,10-11,14,19-23,38H2,1-4H3,(H,39,50)(H,40,47)(H,41,45)/t25-,28?,32-,33-/m0/s1. The lowest BCUT2D eigenvalue weighted by atomic mass is 9.95. The molecule has 0 bridgehead atoms. The molecule has 2 rings (SSSR count). The summed E-state index contributed by atoms with van der Waals surface area (Å²) in [5, 5.41) is 27.1. The van der Waals surface area contributed by atoms with E-state index in [1.54, 1.807) is 38.1 Å². The van der Waals surface area contributed by atoms with Gasteiger partial charge in [-0.2, -0.15) is 0 Å². The maximum atomic E-state index is 13.8. The van der Waals surface area contributed by atoms with Gasteiger partial charge in [0.25, 0.3) is 0 Å². The lowest BCUT2D eigenvalue weighted by Gasteiger charge is -2.34. The van der Waals surface area contributed by atoms with Crippen molar-refractivity contribution < 1.29 is 48.5 Å². The van der Waals surface area contributed by atoms with Crippen molar-refractivity contribution in [2.75, 3.05) is 26.8 Å². The molecule has 0 aliphatic rings. The Bertz CT molecular complexity index is 1450. The molecule has 0 saturated heterocycles. The van der Waals surface area contributed by atoms with Crippen LogP contribution in [0.15, 0.2) is 54.6 Å². The Morgan fingerprint density at radius 3 is 2.15 bits per heavy atom. The highest BCUT2D eigenvalue weighted by Gasteiger charge is 2.41. The van der Waals surface area contributed by atoms with E-state index < -0.39 is 72.3 Å². The van der Waals surface area contributed by atoms with Gasteiger partial charge in [0, 0.05) is 38.5 Å². The number of amides is 5. The first-order chi connectivity index (χ1) is 24.8.